The van der Waals surface area contributed by atoms with Crippen molar-refractivity contribution < 1.29 is 4.55 Å². The van der Waals surface area contributed by atoms with Crippen LogP contribution in [0.25, 0.3) is 33.3 Å². The summed E-state index contributed by atoms with van der Waals surface area (Å²) < 4.78 is 19.9. The zero-order chi connectivity index (χ0) is 23.4. The van der Waals surface area contributed by atoms with Gasteiger partial charge in [-0.2, -0.15) is 5.10 Å². The lowest BCUT2D eigenvalue weighted by Crippen LogP contribution is -2.27. The van der Waals surface area contributed by atoms with Gasteiger partial charge in [0.05, 0.1) is 22.1 Å². The molecule has 4 aromatic rings. The Labute approximate surface area is 190 Å². The molecule has 0 radical (unpaired) electrons. The molecule has 166 valence electrons. The van der Waals surface area contributed by atoms with Gasteiger partial charge in [0.1, 0.15) is 21.8 Å². The first-order valence-corrected chi connectivity index (χ1v) is 11.5. The van der Waals surface area contributed by atoms with E-state index in [4.69, 9.17) is 4.98 Å². The van der Waals surface area contributed by atoms with E-state index in [-0.39, 0.29) is 5.56 Å². The van der Waals surface area contributed by atoms with Gasteiger partial charge < -0.3 is 4.55 Å². The molecule has 0 amide bonds. The van der Waals surface area contributed by atoms with Gasteiger partial charge in [-0.1, -0.05) is 22.6 Å². The van der Waals surface area contributed by atoms with Crippen LogP contribution in [0.1, 0.15) is 38.8 Å². The van der Waals surface area contributed by atoms with Crippen LogP contribution >= 0.6 is 0 Å². The van der Waals surface area contributed by atoms with Gasteiger partial charge >= 0.3 is 0 Å². The number of benzene rings is 2. The Balaban J connectivity index is 2.04. The maximum atomic E-state index is 13.4. The molecular weight excluding hydrogens is 422 g/mol. The number of hydrogen-bond acceptors (Lipinski definition) is 5. The normalized spacial score (nSPS) is 13.8. The van der Waals surface area contributed by atoms with E-state index in [1.54, 1.807) is 16.3 Å². The summed E-state index contributed by atoms with van der Waals surface area (Å²) in [6.45, 7) is 9.38. The lowest BCUT2D eigenvalue weighted by Gasteiger charge is -2.19. The SMILES string of the molecule is CC(=N[S@+]([O-])C(C)(C)C)c1cc(C)cc2c(=O)n(C)c(-c3nn(C)c4ccccc34)nc12. The summed E-state index contributed by atoms with van der Waals surface area (Å²) in [5, 5.41) is 6.08. The maximum absolute atomic E-state index is 13.4. The Bertz CT molecular complexity index is 1440. The summed E-state index contributed by atoms with van der Waals surface area (Å²) >= 11 is -1.42. The minimum atomic E-state index is -1.42. The van der Waals surface area contributed by atoms with Gasteiger partial charge in [-0.05, 0) is 58.4 Å². The number of aryl methyl sites for hydroxylation is 2. The van der Waals surface area contributed by atoms with Crippen molar-refractivity contribution in [3.63, 3.8) is 0 Å². The summed E-state index contributed by atoms with van der Waals surface area (Å²) in [6.07, 6.45) is 0. The van der Waals surface area contributed by atoms with Crippen LogP contribution < -0.4 is 5.56 Å². The maximum Gasteiger partial charge on any atom is 0.261 e. The molecule has 0 aliphatic heterocycles. The molecule has 0 unspecified atom stereocenters. The average molecular weight is 450 g/mol. The fraction of sp³-hybridized carbons (Fsp3) is 0.333. The predicted molar refractivity (Wildman–Crippen MR) is 132 cm³/mol. The molecule has 4 rings (SSSR count). The Kier molecular flexibility index (Phi) is 5.46. The molecule has 0 fully saturated rings. The molecule has 0 saturated carbocycles. The largest absolute Gasteiger partial charge is 0.591 e. The van der Waals surface area contributed by atoms with Gasteiger partial charge in [0.25, 0.3) is 5.56 Å². The van der Waals surface area contributed by atoms with E-state index in [9.17, 15) is 9.35 Å². The molecule has 32 heavy (non-hydrogen) atoms. The van der Waals surface area contributed by atoms with Crippen molar-refractivity contribution in [2.45, 2.75) is 39.4 Å². The Hall–Kier alpha value is -2.97. The molecule has 0 saturated heterocycles. The first kappa shape index (κ1) is 22.2. The molecule has 0 spiro atoms. The number of fused-ring (bicyclic) bond motifs is 2. The quantitative estimate of drug-likeness (QED) is 0.348. The zero-order valence-electron chi connectivity index (χ0n) is 19.4. The second kappa shape index (κ2) is 7.86. The van der Waals surface area contributed by atoms with E-state index in [0.717, 1.165) is 16.5 Å². The highest BCUT2D eigenvalue weighted by Crippen LogP contribution is 2.28. The van der Waals surface area contributed by atoms with Crippen molar-refractivity contribution in [3.05, 3.63) is 57.9 Å². The van der Waals surface area contributed by atoms with Crippen LogP contribution in [0.5, 0.6) is 0 Å². The van der Waals surface area contributed by atoms with Crippen molar-refractivity contribution in [3.8, 4) is 11.5 Å². The molecule has 2 aromatic heterocycles. The van der Waals surface area contributed by atoms with Crippen molar-refractivity contribution in [1.29, 1.82) is 0 Å². The number of nitrogens with zero attached hydrogens (tertiary/aromatic N) is 5. The van der Waals surface area contributed by atoms with Gasteiger partial charge in [-0.15, -0.1) is 0 Å². The molecule has 2 heterocycles. The molecular formula is C24H27N5O2S. The second-order valence-corrected chi connectivity index (χ2v) is 10.9. The van der Waals surface area contributed by atoms with Gasteiger partial charge in [-0.25, -0.2) is 4.98 Å². The number of para-hydroxylation sites is 1. The minimum absolute atomic E-state index is 0.158. The molecule has 8 heteroatoms. The van der Waals surface area contributed by atoms with Crippen LogP contribution in [0.15, 0.2) is 45.6 Å². The van der Waals surface area contributed by atoms with E-state index >= 15 is 0 Å². The van der Waals surface area contributed by atoms with Crippen LogP contribution in [0, 0.1) is 6.92 Å². The lowest BCUT2D eigenvalue weighted by atomic mass is 10.0. The fourth-order valence-corrected chi connectivity index (χ4v) is 4.32. The molecule has 7 nitrogen and oxygen atoms in total. The first-order chi connectivity index (χ1) is 15.0. The number of aromatic nitrogens is 4. The summed E-state index contributed by atoms with van der Waals surface area (Å²) in [5.74, 6) is 0.481. The van der Waals surface area contributed by atoms with E-state index in [1.807, 2.05) is 78.1 Å². The topological polar surface area (TPSA) is 88.1 Å². The summed E-state index contributed by atoms with van der Waals surface area (Å²) in [4.78, 5) is 18.3. The van der Waals surface area contributed by atoms with Crippen LogP contribution in [0.3, 0.4) is 0 Å². The minimum Gasteiger partial charge on any atom is -0.591 e. The zero-order valence-corrected chi connectivity index (χ0v) is 20.2. The van der Waals surface area contributed by atoms with Gasteiger partial charge in [0.2, 0.25) is 0 Å². The third kappa shape index (κ3) is 3.73. The van der Waals surface area contributed by atoms with Gasteiger partial charge in [0.15, 0.2) is 5.82 Å². The van der Waals surface area contributed by atoms with Crippen molar-refractivity contribution in [2.75, 3.05) is 0 Å². The molecule has 0 N–H and O–H groups in total. The third-order valence-corrected chi connectivity index (χ3v) is 6.92. The van der Waals surface area contributed by atoms with Gasteiger partial charge in [0, 0.05) is 25.0 Å². The second-order valence-electron chi connectivity index (χ2n) is 9.04. The highest BCUT2D eigenvalue weighted by molar-refractivity contribution is 7.91. The smallest absolute Gasteiger partial charge is 0.261 e. The fourth-order valence-electron chi connectivity index (χ4n) is 3.70. The average Bonchev–Trinajstić information content (AvgIpc) is 3.06. The third-order valence-electron chi connectivity index (χ3n) is 5.43. The highest BCUT2D eigenvalue weighted by atomic mass is 32.2. The monoisotopic (exact) mass is 449 g/mol. The predicted octanol–water partition coefficient (Wildman–Crippen LogP) is 4.07. The van der Waals surface area contributed by atoms with Crippen molar-refractivity contribution in [1.82, 2.24) is 19.3 Å². The first-order valence-electron chi connectivity index (χ1n) is 10.4. The Morgan fingerprint density at radius 2 is 1.81 bits per heavy atom. The highest BCUT2D eigenvalue weighted by Gasteiger charge is 2.27. The Morgan fingerprint density at radius 3 is 2.50 bits per heavy atom. The van der Waals surface area contributed by atoms with Crippen LogP contribution in [-0.4, -0.2) is 34.3 Å². The molecule has 1 atom stereocenters. The molecule has 2 aromatic carbocycles. The van der Waals surface area contributed by atoms with E-state index in [2.05, 4.69) is 9.50 Å². The summed E-state index contributed by atoms with van der Waals surface area (Å²) in [5.41, 5.74) is 4.19. The van der Waals surface area contributed by atoms with Crippen LogP contribution in [-0.2, 0) is 25.5 Å². The van der Waals surface area contributed by atoms with E-state index in [1.165, 1.54) is 0 Å². The standard InChI is InChI=1S/C24H27N5O2S/c1-14-12-17(15(2)27-32(31)24(3,4)5)20-18(13-14)23(30)28(6)22(25-20)21-16-10-8-9-11-19(16)29(7)26-21/h8-13H,1-7H3/t32-/m1/s1. The molecule has 0 aliphatic rings. The Morgan fingerprint density at radius 1 is 1.12 bits per heavy atom. The van der Waals surface area contributed by atoms with Crippen molar-refractivity contribution >= 4 is 38.9 Å². The van der Waals surface area contributed by atoms with Crippen LogP contribution in [0.2, 0.25) is 0 Å². The van der Waals surface area contributed by atoms with E-state index in [0.29, 0.717) is 33.7 Å². The number of rotatable bonds is 3. The van der Waals surface area contributed by atoms with Gasteiger partial charge in [-0.3, -0.25) is 14.0 Å². The molecule has 0 aliphatic carbocycles. The summed E-state index contributed by atoms with van der Waals surface area (Å²) in [6, 6.07) is 11.6. The number of hydrogen-bond donors (Lipinski definition) is 0. The van der Waals surface area contributed by atoms with Crippen molar-refractivity contribution in [2.24, 2.45) is 18.5 Å². The van der Waals surface area contributed by atoms with Crippen LogP contribution in [0.4, 0.5) is 0 Å². The molecule has 0 bridgehead atoms. The van der Waals surface area contributed by atoms with E-state index < -0.39 is 16.1 Å². The summed E-state index contributed by atoms with van der Waals surface area (Å²) in [7, 11) is 3.59. The lowest BCUT2D eigenvalue weighted by molar-refractivity contribution is 0.561.